The first-order valence-corrected chi connectivity index (χ1v) is 5.40. The van der Waals surface area contributed by atoms with Crippen LogP contribution in [0.5, 0.6) is 0 Å². The summed E-state index contributed by atoms with van der Waals surface area (Å²) in [5, 5.41) is 12.9. The van der Waals surface area contributed by atoms with Gasteiger partial charge in [-0.2, -0.15) is 4.98 Å². The maximum absolute atomic E-state index is 11.1. The van der Waals surface area contributed by atoms with E-state index in [9.17, 15) is 4.79 Å². The SMILES string of the molecule is Cc1cc(C)c(-c2noc(CN)n2)cc1C(=O)O. The minimum Gasteiger partial charge on any atom is -0.478 e. The monoisotopic (exact) mass is 247 g/mol. The number of carboxylic acids is 1. The topological polar surface area (TPSA) is 102 Å². The molecule has 1 heterocycles. The average molecular weight is 247 g/mol. The normalized spacial score (nSPS) is 10.6. The fourth-order valence-electron chi connectivity index (χ4n) is 1.77. The molecule has 0 amide bonds. The van der Waals surface area contributed by atoms with Crippen molar-refractivity contribution in [2.24, 2.45) is 5.73 Å². The lowest BCUT2D eigenvalue weighted by molar-refractivity contribution is 0.0696. The van der Waals surface area contributed by atoms with E-state index in [0.29, 0.717) is 22.8 Å². The summed E-state index contributed by atoms with van der Waals surface area (Å²) in [4.78, 5) is 15.2. The third-order valence-corrected chi connectivity index (χ3v) is 2.69. The van der Waals surface area contributed by atoms with E-state index in [0.717, 1.165) is 5.56 Å². The van der Waals surface area contributed by atoms with Gasteiger partial charge in [0, 0.05) is 5.56 Å². The molecule has 0 bridgehead atoms. The van der Waals surface area contributed by atoms with E-state index < -0.39 is 5.97 Å². The van der Waals surface area contributed by atoms with Crippen molar-refractivity contribution in [1.82, 2.24) is 10.1 Å². The highest BCUT2D eigenvalue weighted by Crippen LogP contribution is 2.24. The number of aromatic carboxylic acids is 1. The molecule has 0 radical (unpaired) electrons. The van der Waals surface area contributed by atoms with E-state index in [-0.39, 0.29) is 12.1 Å². The molecule has 1 aromatic carbocycles. The lowest BCUT2D eigenvalue weighted by Gasteiger charge is -2.06. The number of benzene rings is 1. The van der Waals surface area contributed by atoms with E-state index in [1.165, 1.54) is 0 Å². The van der Waals surface area contributed by atoms with E-state index in [1.807, 2.05) is 6.92 Å². The van der Waals surface area contributed by atoms with E-state index in [1.54, 1.807) is 19.1 Å². The summed E-state index contributed by atoms with van der Waals surface area (Å²) in [5.41, 5.74) is 7.85. The van der Waals surface area contributed by atoms with Gasteiger partial charge in [-0.3, -0.25) is 0 Å². The van der Waals surface area contributed by atoms with Crippen LogP contribution < -0.4 is 5.73 Å². The first kappa shape index (κ1) is 12.3. The van der Waals surface area contributed by atoms with Gasteiger partial charge in [0.15, 0.2) is 0 Å². The summed E-state index contributed by atoms with van der Waals surface area (Å²) in [5.74, 6) is -0.298. The molecule has 3 N–H and O–H groups in total. The lowest BCUT2D eigenvalue weighted by atomic mass is 9.99. The van der Waals surface area contributed by atoms with Crippen LogP contribution in [0.3, 0.4) is 0 Å². The summed E-state index contributed by atoms with van der Waals surface area (Å²) < 4.78 is 4.92. The summed E-state index contributed by atoms with van der Waals surface area (Å²) in [6.07, 6.45) is 0. The molecule has 0 spiro atoms. The molecular weight excluding hydrogens is 234 g/mol. The minimum absolute atomic E-state index is 0.156. The Morgan fingerprint density at radius 1 is 1.39 bits per heavy atom. The van der Waals surface area contributed by atoms with Crippen molar-refractivity contribution in [3.63, 3.8) is 0 Å². The summed E-state index contributed by atoms with van der Waals surface area (Å²) >= 11 is 0. The Kier molecular flexibility index (Phi) is 3.12. The molecule has 0 aliphatic rings. The second-order valence-electron chi connectivity index (χ2n) is 4.00. The van der Waals surface area contributed by atoms with Gasteiger partial charge in [-0.1, -0.05) is 11.2 Å². The number of rotatable bonds is 3. The Morgan fingerprint density at radius 2 is 2.11 bits per heavy atom. The molecule has 0 atom stereocenters. The smallest absolute Gasteiger partial charge is 0.335 e. The van der Waals surface area contributed by atoms with Crippen molar-refractivity contribution in [1.29, 1.82) is 0 Å². The predicted molar refractivity (Wildman–Crippen MR) is 64.1 cm³/mol. The molecule has 6 heteroatoms. The molecule has 0 aliphatic carbocycles. The Labute approximate surface area is 103 Å². The second kappa shape index (κ2) is 4.58. The summed E-state index contributed by atoms with van der Waals surface area (Å²) in [7, 11) is 0. The number of hydrogen-bond acceptors (Lipinski definition) is 5. The highest BCUT2D eigenvalue weighted by atomic mass is 16.5. The van der Waals surface area contributed by atoms with Crippen LogP contribution in [-0.2, 0) is 6.54 Å². The number of aromatic nitrogens is 2. The molecule has 1 aromatic heterocycles. The van der Waals surface area contributed by atoms with Gasteiger partial charge < -0.3 is 15.4 Å². The molecule has 0 unspecified atom stereocenters. The third-order valence-electron chi connectivity index (χ3n) is 2.69. The van der Waals surface area contributed by atoms with Gasteiger partial charge in [-0.15, -0.1) is 0 Å². The van der Waals surface area contributed by atoms with Crippen molar-refractivity contribution in [2.45, 2.75) is 20.4 Å². The van der Waals surface area contributed by atoms with Gasteiger partial charge in [0.2, 0.25) is 11.7 Å². The molecule has 2 aromatic rings. The van der Waals surface area contributed by atoms with Crippen molar-refractivity contribution in [3.05, 3.63) is 34.7 Å². The number of carbonyl (C=O) groups is 1. The Bertz CT molecular complexity index is 605. The van der Waals surface area contributed by atoms with E-state index in [4.69, 9.17) is 15.4 Å². The van der Waals surface area contributed by atoms with Gasteiger partial charge >= 0.3 is 5.97 Å². The quantitative estimate of drug-likeness (QED) is 0.852. The molecule has 0 saturated heterocycles. The van der Waals surface area contributed by atoms with Gasteiger partial charge in [-0.05, 0) is 31.0 Å². The zero-order valence-corrected chi connectivity index (χ0v) is 10.1. The van der Waals surface area contributed by atoms with E-state index in [2.05, 4.69) is 10.1 Å². The number of nitrogens with two attached hydrogens (primary N) is 1. The molecule has 18 heavy (non-hydrogen) atoms. The van der Waals surface area contributed by atoms with Crippen LogP contribution in [0.2, 0.25) is 0 Å². The minimum atomic E-state index is -0.976. The standard InChI is InChI=1S/C12H13N3O3/c1-6-3-7(2)9(12(16)17)4-8(6)11-14-10(5-13)18-15-11/h3-4H,5,13H2,1-2H3,(H,16,17). The molecule has 6 nitrogen and oxygen atoms in total. The lowest BCUT2D eigenvalue weighted by Crippen LogP contribution is -2.02. The fourth-order valence-corrected chi connectivity index (χ4v) is 1.77. The molecule has 2 rings (SSSR count). The van der Waals surface area contributed by atoms with Gasteiger partial charge in [-0.25, -0.2) is 4.79 Å². The molecular formula is C12H13N3O3. The number of carboxylic acid groups (broad SMARTS) is 1. The zero-order chi connectivity index (χ0) is 13.3. The highest BCUT2D eigenvalue weighted by molar-refractivity contribution is 5.91. The summed E-state index contributed by atoms with van der Waals surface area (Å²) in [6, 6.07) is 3.34. The molecule has 94 valence electrons. The van der Waals surface area contributed by atoms with Crippen molar-refractivity contribution < 1.29 is 14.4 Å². The largest absolute Gasteiger partial charge is 0.478 e. The van der Waals surface area contributed by atoms with Crippen LogP contribution in [0.15, 0.2) is 16.7 Å². The fraction of sp³-hybridized carbons (Fsp3) is 0.250. The maximum Gasteiger partial charge on any atom is 0.335 e. The predicted octanol–water partition coefficient (Wildman–Crippen LogP) is 1.51. The van der Waals surface area contributed by atoms with Crippen LogP contribution in [-0.4, -0.2) is 21.2 Å². The second-order valence-corrected chi connectivity index (χ2v) is 4.00. The van der Waals surface area contributed by atoms with Crippen molar-refractivity contribution >= 4 is 5.97 Å². The van der Waals surface area contributed by atoms with Gasteiger partial charge in [0.05, 0.1) is 12.1 Å². The van der Waals surface area contributed by atoms with Crippen molar-refractivity contribution in [2.75, 3.05) is 0 Å². The maximum atomic E-state index is 11.1. The first-order chi connectivity index (χ1) is 8.52. The van der Waals surface area contributed by atoms with E-state index >= 15 is 0 Å². The van der Waals surface area contributed by atoms with Crippen LogP contribution >= 0.6 is 0 Å². The van der Waals surface area contributed by atoms with Crippen LogP contribution in [0, 0.1) is 13.8 Å². The number of aryl methyl sites for hydroxylation is 2. The van der Waals surface area contributed by atoms with Crippen LogP contribution in [0.4, 0.5) is 0 Å². The van der Waals surface area contributed by atoms with Crippen LogP contribution in [0.1, 0.15) is 27.4 Å². The number of hydrogen-bond donors (Lipinski definition) is 2. The van der Waals surface area contributed by atoms with Crippen LogP contribution in [0.25, 0.3) is 11.4 Å². The van der Waals surface area contributed by atoms with Gasteiger partial charge in [0.25, 0.3) is 0 Å². The molecule has 0 saturated carbocycles. The summed E-state index contributed by atoms with van der Waals surface area (Å²) in [6.45, 7) is 3.78. The Balaban J connectivity index is 2.56. The molecule has 0 aliphatic heterocycles. The zero-order valence-electron chi connectivity index (χ0n) is 10.1. The Morgan fingerprint density at radius 3 is 2.67 bits per heavy atom. The first-order valence-electron chi connectivity index (χ1n) is 5.40. The third kappa shape index (κ3) is 2.10. The average Bonchev–Trinajstić information content (AvgIpc) is 2.77. The highest BCUT2D eigenvalue weighted by Gasteiger charge is 2.15. The van der Waals surface area contributed by atoms with Gasteiger partial charge in [0.1, 0.15) is 0 Å². The van der Waals surface area contributed by atoms with Crippen molar-refractivity contribution in [3.8, 4) is 11.4 Å². The number of nitrogens with zero attached hydrogens (tertiary/aromatic N) is 2. The molecule has 0 fully saturated rings. The Hall–Kier alpha value is -2.21.